The molecular weight excluding hydrogens is 493 g/mol. The zero-order valence-corrected chi connectivity index (χ0v) is 20.7. The van der Waals surface area contributed by atoms with Gasteiger partial charge < -0.3 is 15.4 Å². The van der Waals surface area contributed by atoms with Crippen LogP contribution < -0.4 is 15.4 Å². The van der Waals surface area contributed by atoms with Crippen LogP contribution in [-0.4, -0.2) is 33.1 Å². The summed E-state index contributed by atoms with van der Waals surface area (Å²) >= 11 is 1.17. The highest BCUT2D eigenvalue weighted by atomic mass is 32.2. The number of nitrogens with one attached hydrogen (secondary N) is 2. The summed E-state index contributed by atoms with van der Waals surface area (Å²) in [5.74, 6) is -1.77. The Hall–Kier alpha value is -3.75. The van der Waals surface area contributed by atoms with E-state index in [0.29, 0.717) is 21.7 Å². The highest BCUT2D eigenvalue weighted by Crippen LogP contribution is 2.37. The van der Waals surface area contributed by atoms with Gasteiger partial charge in [0.2, 0.25) is 5.91 Å². The first kappa shape index (κ1) is 25.9. The Balaban J connectivity index is 1.89. The molecule has 0 saturated carbocycles. The van der Waals surface area contributed by atoms with E-state index in [4.69, 9.17) is 10.00 Å². The van der Waals surface area contributed by atoms with Crippen molar-refractivity contribution in [2.24, 2.45) is 0 Å². The van der Waals surface area contributed by atoms with E-state index in [-0.39, 0.29) is 22.0 Å². The van der Waals surface area contributed by atoms with Crippen molar-refractivity contribution in [3.8, 4) is 22.9 Å². The number of methoxy groups -OCH3 is 1. The average Bonchev–Trinajstić information content (AvgIpc) is 3.30. The fourth-order valence-electron chi connectivity index (χ4n) is 3.35. The zero-order chi connectivity index (χ0) is 25.8. The fraction of sp³-hybridized carbons (Fsp3) is 0.208. The van der Waals surface area contributed by atoms with Gasteiger partial charge in [0.15, 0.2) is 21.4 Å². The minimum absolute atomic E-state index is 0.0297. The first-order valence-electron chi connectivity index (χ1n) is 10.4. The van der Waals surface area contributed by atoms with E-state index in [1.54, 1.807) is 11.4 Å². The number of anilines is 1. The lowest BCUT2D eigenvalue weighted by Crippen LogP contribution is -2.35. The molecule has 2 amide bonds. The maximum Gasteiger partial charge on any atom is 0.252 e. The standard InChI is InChI=1S/C24H22FN3O5S2/c1-4-35(31,32)18-7-5-16(6-8-18)22(27-14(2)29)24(30)28-21-11-17(13-34-21)19-9-15(12-26)10-20(25)23(19)33-3/h5-11,13,22H,4H2,1-3H3,(H,27,29)(H,28,30). The number of sulfone groups is 1. The molecule has 0 saturated heterocycles. The van der Waals surface area contributed by atoms with Gasteiger partial charge in [0.1, 0.15) is 6.04 Å². The fourth-order valence-corrected chi connectivity index (χ4v) is 5.04. The van der Waals surface area contributed by atoms with E-state index in [1.165, 1.54) is 62.6 Å². The maximum atomic E-state index is 14.3. The third kappa shape index (κ3) is 5.85. The number of thiophene rings is 1. The predicted molar refractivity (Wildman–Crippen MR) is 130 cm³/mol. The van der Waals surface area contributed by atoms with Crippen molar-refractivity contribution in [3.63, 3.8) is 0 Å². The number of benzene rings is 2. The van der Waals surface area contributed by atoms with Crippen LogP contribution in [0.15, 0.2) is 52.7 Å². The van der Waals surface area contributed by atoms with Crippen LogP contribution in [0.25, 0.3) is 11.1 Å². The van der Waals surface area contributed by atoms with Crippen molar-refractivity contribution in [1.29, 1.82) is 5.26 Å². The summed E-state index contributed by atoms with van der Waals surface area (Å²) in [6, 6.07) is 10.7. The topological polar surface area (TPSA) is 125 Å². The van der Waals surface area contributed by atoms with E-state index in [0.717, 1.165) is 6.07 Å². The molecule has 2 N–H and O–H groups in total. The average molecular weight is 516 g/mol. The second-order valence-corrected chi connectivity index (χ2v) is 10.6. The number of hydrogen-bond acceptors (Lipinski definition) is 7. The predicted octanol–water partition coefficient (Wildman–Crippen LogP) is 4.04. The van der Waals surface area contributed by atoms with E-state index in [2.05, 4.69) is 10.6 Å². The van der Waals surface area contributed by atoms with Crippen molar-refractivity contribution in [3.05, 3.63) is 64.8 Å². The van der Waals surface area contributed by atoms with Crippen molar-refractivity contribution in [2.45, 2.75) is 24.8 Å². The molecule has 1 unspecified atom stereocenters. The molecule has 35 heavy (non-hydrogen) atoms. The Kier molecular flexibility index (Phi) is 7.89. The molecule has 8 nitrogen and oxygen atoms in total. The second kappa shape index (κ2) is 10.7. The Labute approximate surface area is 206 Å². The molecular formula is C24H22FN3O5S2. The molecule has 0 spiro atoms. The summed E-state index contributed by atoms with van der Waals surface area (Å²) in [5.41, 5.74) is 1.40. The van der Waals surface area contributed by atoms with Gasteiger partial charge in [-0.25, -0.2) is 12.8 Å². The molecule has 0 aliphatic rings. The molecule has 1 aromatic heterocycles. The van der Waals surface area contributed by atoms with Gasteiger partial charge in [-0.2, -0.15) is 5.26 Å². The molecule has 1 atom stereocenters. The third-order valence-corrected chi connectivity index (χ3v) is 7.69. The van der Waals surface area contributed by atoms with Crippen LogP contribution in [0.5, 0.6) is 5.75 Å². The molecule has 182 valence electrons. The minimum atomic E-state index is -3.41. The molecule has 0 aliphatic carbocycles. The molecule has 3 aromatic rings. The van der Waals surface area contributed by atoms with E-state index >= 15 is 0 Å². The van der Waals surface area contributed by atoms with Gasteiger partial charge in [-0.1, -0.05) is 19.1 Å². The molecule has 0 bridgehead atoms. The van der Waals surface area contributed by atoms with Gasteiger partial charge >= 0.3 is 0 Å². The number of rotatable bonds is 8. The van der Waals surface area contributed by atoms with Gasteiger partial charge in [-0.3, -0.25) is 9.59 Å². The van der Waals surface area contributed by atoms with Crippen LogP contribution in [0.2, 0.25) is 0 Å². The SMILES string of the molecule is CCS(=O)(=O)c1ccc(C(NC(C)=O)C(=O)Nc2cc(-c3cc(C#N)cc(F)c3OC)cs2)cc1. The third-order valence-electron chi connectivity index (χ3n) is 5.10. The maximum absolute atomic E-state index is 14.3. The number of nitrogens with zero attached hydrogens (tertiary/aromatic N) is 1. The van der Waals surface area contributed by atoms with Crippen LogP contribution >= 0.6 is 11.3 Å². The number of carbonyl (C=O) groups excluding carboxylic acids is 2. The Bertz CT molecular complexity index is 1410. The van der Waals surface area contributed by atoms with Crippen LogP contribution in [0.4, 0.5) is 9.39 Å². The van der Waals surface area contributed by atoms with Crippen LogP contribution in [0, 0.1) is 17.1 Å². The quantitative estimate of drug-likeness (QED) is 0.466. The molecule has 2 aromatic carbocycles. The van der Waals surface area contributed by atoms with E-state index in [9.17, 15) is 22.4 Å². The Morgan fingerprint density at radius 3 is 2.46 bits per heavy atom. The highest BCUT2D eigenvalue weighted by Gasteiger charge is 2.24. The van der Waals surface area contributed by atoms with E-state index < -0.39 is 33.5 Å². The smallest absolute Gasteiger partial charge is 0.252 e. The van der Waals surface area contributed by atoms with Crippen molar-refractivity contribution >= 4 is 38.0 Å². The first-order chi connectivity index (χ1) is 16.6. The lowest BCUT2D eigenvalue weighted by molar-refractivity contribution is -0.125. The van der Waals surface area contributed by atoms with Crippen molar-refractivity contribution < 1.29 is 27.1 Å². The largest absolute Gasteiger partial charge is 0.493 e. The summed E-state index contributed by atoms with van der Waals surface area (Å²) in [5, 5.41) is 16.5. The molecule has 0 radical (unpaired) electrons. The Morgan fingerprint density at radius 2 is 1.89 bits per heavy atom. The zero-order valence-electron chi connectivity index (χ0n) is 19.1. The van der Waals surface area contributed by atoms with Gasteiger partial charge in [0, 0.05) is 17.9 Å². The van der Waals surface area contributed by atoms with Gasteiger partial charge in [0.05, 0.1) is 34.4 Å². The van der Waals surface area contributed by atoms with Crippen LogP contribution in [0.1, 0.15) is 31.0 Å². The summed E-state index contributed by atoms with van der Waals surface area (Å²) < 4.78 is 43.6. The lowest BCUT2D eigenvalue weighted by atomic mass is 10.0. The second-order valence-electron chi connectivity index (χ2n) is 7.45. The van der Waals surface area contributed by atoms with E-state index in [1.807, 2.05) is 6.07 Å². The molecule has 3 rings (SSSR count). The van der Waals surface area contributed by atoms with Crippen LogP contribution in [0.3, 0.4) is 0 Å². The number of halogens is 1. The number of carbonyl (C=O) groups is 2. The Morgan fingerprint density at radius 1 is 1.20 bits per heavy atom. The normalized spacial score (nSPS) is 11.9. The monoisotopic (exact) mass is 515 g/mol. The molecule has 11 heteroatoms. The first-order valence-corrected chi connectivity index (χ1v) is 12.9. The number of hydrogen-bond donors (Lipinski definition) is 2. The summed E-state index contributed by atoms with van der Waals surface area (Å²) in [4.78, 5) is 24.9. The molecule has 0 aliphatic heterocycles. The van der Waals surface area contributed by atoms with Crippen molar-refractivity contribution in [2.75, 3.05) is 18.2 Å². The number of nitriles is 1. The summed E-state index contributed by atoms with van der Waals surface area (Å²) in [6.07, 6.45) is 0. The lowest BCUT2D eigenvalue weighted by Gasteiger charge is -2.18. The van der Waals surface area contributed by atoms with Crippen LogP contribution in [-0.2, 0) is 19.4 Å². The number of ether oxygens (including phenoxy) is 1. The van der Waals surface area contributed by atoms with Gasteiger partial charge in [-0.15, -0.1) is 11.3 Å². The highest BCUT2D eigenvalue weighted by molar-refractivity contribution is 7.91. The minimum Gasteiger partial charge on any atom is -0.493 e. The number of amides is 2. The summed E-state index contributed by atoms with van der Waals surface area (Å²) in [7, 11) is -2.10. The van der Waals surface area contributed by atoms with Gasteiger partial charge in [0.25, 0.3) is 5.91 Å². The van der Waals surface area contributed by atoms with Gasteiger partial charge in [-0.05, 0) is 41.5 Å². The molecule has 1 heterocycles. The summed E-state index contributed by atoms with van der Waals surface area (Å²) in [6.45, 7) is 2.80. The molecule has 0 fully saturated rings. The van der Waals surface area contributed by atoms with Crippen molar-refractivity contribution in [1.82, 2.24) is 5.32 Å².